The van der Waals surface area contributed by atoms with Gasteiger partial charge in [-0.3, -0.25) is 0 Å². The lowest BCUT2D eigenvalue weighted by atomic mass is 9.94. The van der Waals surface area contributed by atoms with E-state index in [-0.39, 0.29) is 12.5 Å². The van der Waals surface area contributed by atoms with Gasteiger partial charge >= 0.3 is 0 Å². The number of hydrogen-bond acceptors (Lipinski definition) is 3. The summed E-state index contributed by atoms with van der Waals surface area (Å²) in [6.45, 7) is 4.37. The minimum atomic E-state index is 0.227. The number of aryl methyl sites for hydroxylation is 2. The molecule has 0 fully saturated rings. The maximum absolute atomic E-state index is 9.53. The average Bonchev–Trinajstić information content (AvgIpc) is 2.76. The van der Waals surface area contributed by atoms with Crippen LogP contribution in [0.1, 0.15) is 21.0 Å². The molecule has 0 radical (unpaired) electrons. The fraction of sp³-hybridized carbons (Fsp3) is 0.400. The highest BCUT2D eigenvalue weighted by Gasteiger charge is 2.12. The predicted molar refractivity (Wildman–Crippen MR) is 76.0 cm³/mol. The molecule has 3 heteroatoms. The molecule has 2 nitrogen and oxygen atoms in total. The van der Waals surface area contributed by atoms with E-state index in [0.29, 0.717) is 0 Å². The molecule has 2 aromatic rings. The van der Waals surface area contributed by atoms with Crippen LogP contribution in [0.3, 0.4) is 0 Å². The van der Waals surface area contributed by atoms with E-state index in [9.17, 15) is 5.11 Å². The molecule has 0 aliphatic rings. The van der Waals surface area contributed by atoms with Crippen molar-refractivity contribution in [2.75, 3.05) is 6.61 Å². The topological polar surface area (TPSA) is 33.1 Å². The molecule has 2 rings (SSSR count). The molecule has 1 aromatic heterocycles. The van der Waals surface area contributed by atoms with Crippen molar-refractivity contribution in [3.05, 3.63) is 51.5 Å². The molecule has 0 bridgehead atoms. The fourth-order valence-electron chi connectivity index (χ4n) is 2.14. The summed E-state index contributed by atoms with van der Waals surface area (Å²) in [5, 5.41) is 10.6. The predicted octanol–water partition coefficient (Wildman–Crippen LogP) is 3.15. The van der Waals surface area contributed by atoms with Crippen LogP contribution >= 0.6 is 11.3 Å². The van der Waals surface area contributed by atoms with Crippen LogP contribution in [0, 0.1) is 19.8 Å². The summed E-state index contributed by atoms with van der Waals surface area (Å²) in [6, 6.07) is 8.39. The Morgan fingerprint density at radius 2 is 2.00 bits per heavy atom. The summed E-state index contributed by atoms with van der Waals surface area (Å²) in [5.74, 6) is 0.283. The summed E-state index contributed by atoms with van der Waals surface area (Å²) >= 11 is 1.72. The lowest BCUT2D eigenvalue weighted by molar-refractivity contribution is 0.225. The minimum Gasteiger partial charge on any atom is -0.396 e. The zero-order valence-corrected chi connectivity index (χ0v) is 11.7. The van der Waals surface area contributed by atoms with E-state index in [1.54, 1.807) is 11.3 Å². The second-order valence-corrected chi connectivity index (χ2v) is 6.05. The maximum atomic E-state index is 9.53. The molecule has 1 heterocycles. The SMILES string of the molecule is Cc1ncc(CC(CO)Cc2ccccc2C)s1. The molecule has 0 aliphatic heterocycles. The van der Waals surface area contributed by atoms with Gasteiger partial charge in [0.05, 0.1) is 5.01 Å². The first-order valence-corrected chi connectivity index (χ1v) is 7.07. The summed E-state index contributed by atoms with van der Waals surface area (Å²) in [5.41, 5.74) is 2.63. The van der Waals surface area contributed by atoms with Gasteiger partial charge in [-0.1, -0.05) is 24.3 Å². The Kier molecular flexibility index (Phi) is 4.50. The van der Waals surface area contributed by atoms with Gasteiger partial charge in [-0.2, -0.15) is 0 Å². The van der Waals surface area contributed by atoms with Crippen LogP contribution in [0.5, 0.6) is 0 Å². The maximum Gasteiger partial charge on any atom is 0.0896 e. The monoisotopic (exact) mass is 261 g/mol. The quantitative estimate of drug-likeness (QED) is 0.897. The van der Waals surface area contributed by atoms with Crippen LogP contribution in [-0.4, -0.2) is 16.7 Å². The smallest absolute Gasteiger partial charge is 0.0896 e. The number of hydrogen-bond donors (Lipinski definition) is 1. The third-order valence-electron chi connectivity index (χ3n) is 3.19. The molecule has 1 aromatic carbocycles. The molecule has 18 heavy (non-hydrogen) atoms. The molecule has 1 N–H and O–H groups in total. The van der Waals surface area contributed by atoms with Crippen LogP contribution in [0.2, 0.25) is 0 Å². The molecule has 0 spiro atoms. The van der Waals surface area contributed by atoms with Gasteiger partial charge in [0.1, 0.15) is 0 Å². The molecular weight excluding hydrogens is 242 g/mol. The Hall–Kier alpha value is -1.19. The molecule has 96 valence electrons. The van der Waals surface area contributed by atoms with Gasteiger partial charge in [0.25, 0.3) is 0 Å². The van der Waals surface area contributed by atoms with Crippen LogP contribution in [-0.2, 0) is 12.8 Å². The van der Waals surface area contributed by atoms with Crippen LogP contribution in [0.25, 0.3) is 0 Å². The van der Waals surface area contributed by atoms with Crippen molar-refractivity contribution in [1.82, 2.24) is 4.98 Å². The summed E-state index contributed by atoms with van der Waals surface area (Å²) in [6.07, 6.45) is 3.77. The van der Waals surface area contributed by atoms with Gasteiger partial charge in [0.15, 0.2) is 0 Å². The third kappa shape index (κ3) is 3.40. The van der Waals surface area contributed by atoms with Crippen molar-refractivity contribution in [2.24, 2.45) is 5.92 Å². The fourth-order valence-corrected chi connectivity index (χ4v) is 3.04. The largest absolute Gasteiger partial charge is 0.396 e. The van der Waals surface area contributed by atoms with Gasteiger partial charge in [-0.15, -0.1) is 11.3 Å². The molecular formula is C15H19NOS. The molecule has 1 atom stereocenters. The van der Waals surface area contributed by atoms with Crippen LogP contribution in [0.4, 0.5) is 0 Å². The van der Waals surface area contributed by atoms with E-state index in [1.807, 2.05) is 13.1 Å². The summed E-state index contributed by atoms with van der Waals surface area (Å²) in [7, 11) is 0. The standard InChI is InChI=1S/C15H19NOS/c1-11-5-3-4-6-14(11)7-13(10-17)8-15-9-16-12(2)18-15/h3-6,9,13,17H,7-8,10H2,1-2H3. The Morgan fingerprint density at radius 3 is 2.61 bits per heavy atom. The van der Waals surface area contributed by atoms with E-state index in [4.69, 9.17) is 0 Å². The van der Waals surface area contributed by atoms with E-state index in [0.717, 1.165) is 17.8 Å². The zero-order chi connectivity index (χ0) is 13.0. The zero-order valence-electron chi connectivity index (χ0n) is 10.9. The van der Waals surface area contributed by atoms with Crippen LogP contribution in [0.15, 0.2) is 30.5 Å². The summed E-state index contributed by atoms with van der Waals surface area (Å²) in [4.78, 5) is 5.53. The normalized spacial score (nSPS) is 12.6. The highest BCUT2D eigenvalue weighted by Crippen LogP contribution is 2.20. The Labute approximate surface area is 112 Å². The first-order valence-electron chi connectivity index (χ1n) is 6.25. The minimum absolute atomic E-state index is 0.227. The number of aliphatic hydroxyl groups is 1. The number of aromatic nitrogens is 1. The Balaban J connectivity index is 2.04. The van der Waals surface area contributed by atoms with E-state index in [1.165, 1.54) is 16.0 Å². The lowest BCUT2D eigenvalue weighted by Gasteiger charge is -2.14. The van der Waals surface area contributed by atoms with Crippen molar-refractivity contribution in [1.29, 1.82) is 0 Å². The van der Waals surface area contributed by atoms with Crippen molar-refractivity contribution >= 4 is 11.3 Å². The number of aliphatic hydroxyl groups excluding tert-OH is 1. The lowest BCUT2D eigenvalue weighted by Crippen LogP contribution is -2.13. The number of benzene rings is 1. The second-order valence-electron chi connectivity index (χ2n) is 4.73. The van der Waals surface area contributed by atoms with Crippen molar-refractivity contribution in [2.45, 2.75) is 26.7 Å². The number of rotatable bonds is 5. The molecule has 0 aliphatic carbocycles. The number of nitrogens with zero attached hydrogens (tertiary/aromatic N) is 1. The van der Waals surface area contributed by atoms with Gasteiger partial charge in [0.2, 0.25) is 0 Å². The van der Waals surface area contributed by atoms with E-state index in [2.05, 4.69) is 36.2 Å². The van der Waals surface area contributed by atoms with Gasteiger partial charge in [-0.25, -0.2) is 4.98 Å². The third-order valence-corrected chi connectivity index (χ3v) is 4.12. The van der Waals surface area contributed by atoms with Crippen molar-refractivity contribution in [3.8, 4) is 0 Å². The molecule has 0 amide bonds. The van der Waals surface area contributed by atoms with E-state index < -0.39 is 0 Å². The Morgan fingerprint density at radius 1 is 1.22 bits per heavy atom. The average molecular weight is 261 g/mol. The first kappa shape index (κ1) is 13.2. The highest BCUT2D eigenvalue weighted by atomic mass is 32.1. The first-order chi connectivity index (χ1) is 8.69. The molecule has 0 saturated carbocycles. The van der Waals surface area contributed by atoms with Gasteiger partial charge < -0.3 is 5.11 Å². The Bertz CT molecular complexity index is 507. The summed E-state index contributed by atoms with van der Waals surface area (Å²) < 4.78 is 0. The number of thiazole rings is 1. The second kappa shape index (κ2) is 6.12. The van der Waals surface area contributed by atoms with Crippen molar-refractivity contribution < 1.29 is 5.11 Å². The van der Waals surface area contributed by atoms with Crippen molar-refractivity contribution in [3.63, 3.8) is 0 Å². The van der Waals surface area contributed by atoms with E-state index >= 15 is 0 Å². The molecule has 1 unspecified atom stereocenters. The highest BCUT2D eigenvalue weighted by molar-refractivity contribution is 7.11. The van der Waals surface area contributed by atoms with Crippen LogP contribution < -0.4 is 0 Å². The molecule has 0 saturated heterocycles. The van der Waals surface area contributed by atoms with Gasteiger partial charge in [0, 0.05) is 17.7 Å². The van der Waals surface area contributed by atoms with Gasteiger partial charge in [-0.05, 0) is 43.7 Å².